The molecule has 0 spiro atoms. The average molecular weight is 641 g/mol. The van der Waals surface area contributed by atoms with Crippen molar-refractivity contribution in [2.75, 3.05) is 11.9 Å². The first-order valence-corrected chi connectivity index (χ1v) is 15.3. The molecule has 11 heteroatoms. The summed E-state index contributed by atoms with van der Waals surface area (Å²) in [6, 6.07) is 9.44. The highest BCUT2D eigenvalue weighted by atomic mass is 19.2. The number of hydrogen-bond acceptors (Lipinski definition) is 5. The van der Waals surface area contributed by atoms with Crippen molar-refractivity contribution >= 4 is 17.6 Å². The largest absolute Gasteiger partial charge is 0.436 e. The fourth-order valence-electron chi connectivity index (χ4n) is 8.17. The standard InChI is InChI=1S/C35H33F5N2O4/c1-3-35(45)13-12-22-26-27(25-21(28(36)31(26)39)16-23(43)29(37)30(25)38)24(32(40)34(22,35)2)19-10-8-18(9-11-19)6-5-15-46-33(44)42-20-7-4-14-41-17-20/h4,7-11,14,16-17,22,24,26,28-32,45H,3,12-13,15H2,1-2H3,(H,42,44)/t22-,24+,26-,28?,29?,30?,31?,32?,34+,35-/m0/s1. The maximum atomic E-state index is 17.2. The van der Waals surface area contributed by atoms with Crippen LogP contribution in [0.25, 0.3) is 0 Å². The summed E-state index contributed by atoms with van der Waals surface area (Å²) in [5, 5.41) is 14.2. The van der Waals surface area contributed by atoms with Crippen LogP contribution in [0.4, 0.5) is 32.4 Å². The van der Waals surface area contributed by atoms with Crippen LogP contribution in [0.5, 0.6) is 0 Å². The molecule has 5 unspecified atom stereocenters. The predicted octanol–water partition coefficient (Wildman–Crippen LogP) is 6.46. The van der Waals surface area contributed by atoms with Crippen molar-refractivity contribution in [1.29, 1.82) is 0 Å². The smallest absolute Gasteiger partial charge is 0.412 e. The summed E-state index contributed by atoms with van der Waals surface area (Å²) in [6.07, 6.45) is -8.36. The lowest BCUT2D eigenvalue weighted by molar-refractivity contribution is -0.143. The van der Waals surface area contributed by atoms with Gasteiger partial charge in [0, 0.05) is 29.0 Å². The van der Waals surface area contributed by atoms with Crippen LogP contribution in [-0.4, -0.2) is 65.0 Å². The number of amides is 1. The highest BCUT2D eigenvalue weighted by Gasteiger charge is 2.70. The lowest BCUT2D eigenvalue weighted by Gasteiger charge is -2.57. The molecule has 242 valence electrons. The molecule has 0 saturated heterocycles. The second kappa shape index (κ2) is 12.0. The van der Waals surface area contributed by atoms with Gasteiger partial charge in [0.05, 0.1) is 17.5 Å². The van der Waals surface area contributed by atoms with Crippen molar-refractivity contribution < 1.29 is 41.4 Å². The summed E-state index contributed by atoms with van der Waals surface area (Å²) in [4.78, 5) is 28.0. The van der Waals surface area contributed by atoms with Crippen LogP contribution in [0, 0.1) is 29.1 Å². The molecule has 2 N–H and O–H groups in total. The van der Waals surface area contributed by atoms with E-state index in [0.717, 1.165) is 0 Å². The van der Waals surface area contributed by atoms with Crippen molar-refractivity contribution in [1.82, 2.24) is 4.98 Å². The first-order valence-electron chi connectivity index (χ1n) is 15.3. The number of ether oxygens (including phenoxy) is 1. The zero-order chi connectivity index (χ0) is 33.0. The molecule has 2 aromatic rings. The molecule has 46 heavy (non-hydrogen) atoms. The van der Waals surface area contributed by atoms with Crippen LogP contribution < -0.4 is 5.32 Å². The lowest BCUT2D eigenvalue weighted by atomic mass is 9.49. The zero-order valence-electron chi connectivity index (χ0n) is 25.2. The molecule has 2 saturated carbocycles. The number of fused-ring (bicyclic) bond motifs is 4. The SMILES string of the molecule is CC[C@]1(O)CC[C@H]2[C@H]3C(=C4C(=CC(=O)C(F)C4F)C(F)C3F)[C@@H](c3ccc(C#CCOC(=O)Nc4cccnc4)cc3)C(F)[C@@]21C. The van der Waals surface area contributed by atoms with E-state index in [1.54, 1.807) is 37.4 Å². The number of alkyl halides is 5. The van der Waals surface area contributed by atoms with Crippen LogP contribution >= 0.6 is 0 Å². The molecule has 6 nitrogen and oxygen atoms in total. The van der Waals surface area contributed by atoms with E-state index in [9.17, 15) is 19.1 Å². The van der Waals surface area contributed by atoms with Crippen LogP contribution in [0.1, 0.15) is 50.2 Å². The first kappa shape index (κ1) is 31.9. The summed E-state index contributed by atoms with van der Waals surface area (Å²) in [5.74, 6) is 0.657. The fourth-order valence-corrected chi connectivity index (χ4v) is 8.17. The number of allylic oxidation sites excluding steroid dienone is 4. The highest BCUT2D eigenvalue weighted by molar-refractivity contribution is 5.98. The van der Waals surface area contributed by atoms with Crippen molar-refractivity contribution in [3.8, 4) is 11.8 Å². The molecular weight excluding hydrogens is 607 g/mol. The number of aliphatic hydroxyl groups is 1. The number of hydrogen-bond donors (Lipinski definition) is 2. The number of carbonyl (C=O) groups excluding carboxylic acids is 2. The van der Waals surface area contributed by atoms with Crippen molar-refractivity contribution in [3.63, 3.8) is 0 Å². The van der Waals surface area contributed by atoms with E-state index in [4.69, 9.17) is 4.74 Å². The second-order valence-electron chi connectivity index (χ2n) is 12.6. The number of carbonyl (C=O) groups is 2. The van der Waals surface area contributed by atoms with E-state index in [-0.39, 0.29) is 37.0 Å². The molecule has 0 aliphatic heterocycles. The summed E-state index contributed by atoms with van der Waals surface area (Å²) < 4.78 is 84.6. The summed E-state index contributed by atoms with van der Waals surface area (Å²) in [6.45, 7) is 3.00. The van der Waals surface area contributed by atoms with Gasteiger partial charge in [-0.25, -0.2) is 26.7 Å². The van der Waals surface area contributed by atoms with Crippen LogP contribution in [0.3, 0.4) is 0 Å². The maximum absolute atomic E-state index is 17.2. The molecule has 2 fully saturated rings. The lowest BCUT2D eigenvalue weighted by Crippen LogP contribution is -2.61. The Balaban J connectivity index is 1.35. The number of nitrogens with zero attached hydrogens (tertiary/aromatic N) is 1. The normalized spacial score (nSPS) is 36.4. The van der Waals surface area contributed by atoms with Crippen LogP contribution in [0.15, 0.2) is 71.6 Å². The number of ketones is 1. The number of aromatic nitrogens is 1. The number of benzene rings is 1. The van der Waals surface area contributed by atoms with E-state index < -0.39 is 82.7 Å². The Morgan fingerprint density at radius 2 is 1.85 bits per heavy atom. The number of pyridine rings is 1. The van der Waals surface area contributed by atoms with Gasteiger partial charge in [0.1, 0.15) is 12.3 Å². The summed E-state index contributed by atoms with van der Waals surface area (Å²) in [5.41, 5.74) is -3.02. The molecule has 0 bridgehead atoms. The molecule has 1 amide bonds. The Morgan fingerprint density at radius 3 is 2.52 bits per heavy atom. The summed E-state index contributed by atoms with van der Waals surface area (Å²) in [7, 11) is 0. The Kier molecular flexibility index (Phi) is 8.30. The van der Waals surface area contributed by atoms with Gasteiger partial charge >= 0.3 is 6.09 Å². The summed E-state index contributed by atoms with van der Waals surface area (Å²) >= 11 is 0. The average Bonchev–Trinajstić information content (AvgIpc) is 3.33. The van der Waals surface area contributed by atoms with Gasteiger partial charge < -0.3 is 9.84 Å². The number of halogens is 5. The molecular formula is C35H33F5N2O4. The minimum absolute atomic E-state index is 0.0857. The van der Waals surface area contributed by atoms with Gasteiger partial charge in [-0.1, -0.05) is 37.8 Å². The van der Waals surface area contributed by atoms with Crippen molar-refractivity contribution in [2.45, 2.75) is 75.5 Å². The Morgan fingerprint density at radius 1 is 1.11 bits per heavy atom. The first-order chi connectivity index (χ1) is 21.9. The predicted molar refractivity (Wildman–Crippen MR) is 159 cm³/mol. The molecule has 1 aromatic heterocycles. The third kappa shape index (κ3) is 4.93. The minimum atomic E-state index is -2.62. The highest BCUT2D eigenvalue weighted by Crippen LogP contribution is 2.68. The number of rotatable bonds is 4. The van der Waals surface area contributed by atoms with E-state index in [0.29, 0.717) is 17.3 Å². The van der Waals surface area contributed by atoms with E-state index in [1.807, 2.05) is 0 Å². The topological polar surface area (TPSA) is 88.5 Å². The Hall–Kier alpha value is -4.04. The van der Waals surface area contributed by atoms with E-state index in [1.165, 1.54) is 25.3 Å². The van der Waals surface area contributed by atoms with Gasteiger partial charge in [-0.05, 0) is 77.8 Å². The van der Waals surface area contributed by atoms with Gasteiger partial charge in [0.15, 0.2) is 30.9 Å². The van der Waals surface area contributed by atoms with E-state index in [2.05, 4.69) is 22.1 Å². The van der Waals surface area contributed by atoms with E-state index >= 15 is 17.6 Å². The van der Waals surface area contributed by atoms with Crippen molar-refractivity contribution in [3.05, 3.63) is 82.7 Å². The number of nitrogens with one attached hydrogen (secondary N) is 1. The second-order valence-corrected chi connectivity index (χ2v) is 12.6. The van der Waals surface area contributed by atoms with Gasteiger partial charge in [-0.15, -0.1) is 0 Å². The molecule has 1 aromatic carbocycles. The molecule has 4 aliphatic carbocycles. The van der Waals surface area contributed by atoms with Gasteiger partial charge in [0.25, 0.3) is 0 Å². The molecule has 10 atom stereocenters. The third-order valence-corrected chi connectivity index (χ3v) is 10.5. The quantitative estimate of drug-likeness (QED) is 0.296. The number of anilines is 1. The molecule has 1 heterocycles. The minimum Gasteiger partial charge on any atom is -0.436 e. The molecule has 4 aliphatic rings. The molecule has 6 rings (SSSR count). The van der Waals surface area contributed by atoms with Gasteiger partial charge in [-0.3, -0.25) is 15.1 Å². The maximum Gasteiger partial charge on any atom is 0.412 e. The van der Waals surface area contributed by atoms with Gasteiger partial charge in [-0.2, -0.15) is 0 Å². The zero-order valence-corrected chi connectivity index (χ0v) is 25.2. The van der Waals surface area contributed by atoms with Crippen LogP contribution in [-0.2, 0) is 9.53 Å². The monoisotopic (exact) mass is 640 g/mol. The third-order valence-electron chi connectivity index (χ3n) is 10.5. The van der Waals surface area contributed by atoms with Gasteiger partial charge in [0.2, 0.25) is 0 Å². The van der Waals surface area contributed by atoms with Crippen molar-refractivity contribution in [2.24, 2.45) is 17.3 Å². The Labute approximate surface area is 263 Å². The van der Waals surface area contributed by atoms with Crippen LogP contribution in [0.2, 0.25) is 0 Å². The fraction of sp³-hybridized carbons (Fsp3) is 0.457. The Bertz CT molecular complexity index is 1650. The molecule has 0 radical (unpaired) electrons.